The average Bonchev–Trinajstić information content (AvgIpc) is 2.32. The molecule has 1 heterocycles. The van der Waals surface area contributed by atoms with Gasteiger partial charge in [0.25, 0.3) is 5.91 Å². The summed E-state index contributed by atoms with van der Waals surface area (Å²) in [6.45, 7) is 4.94. The molecule has 0 aliphatic carbocycles. The maximum absolute atomic E-state index is 12.3. The minimum absolute atomic E-state index is 0.115. The number of aryl methyl sites for hydroxylation is 1. The third-order valence-corrected chi connectivity index (χ3v) is 3.59. The number of hydrogen-bond acceptors (Lipinski definition) is 2. The lowest BCUT2D eigenvalue weighted by Crippen LogP contribution is -2.42. The summed E-state index contributed by atoms with van der Waals surface area (Å²) in [5, 5.41) is 0. The van der Waals surface area contributed by atoms with Gasteiger partial charge in [-0.05, 0) is 50.8 Å². The van der Waals surface area contributed by atoms with Gasteiger partial charge in [-0.3, -0.25) is 4.79 Å². The molecule has 0 radical (unpaired) electrons. The molecule has 0 saturated carbocycles. The Bertz CT molecular complexity index is 428. The highest BCUT2D eigenvalue weighted by atomic mass is 16.2. The Kier molecular flexibility index (Phi) is 3.36. The molecule has 1 aromatic carbocycles. The molecule has 0 aromatic heterocycles. The molecule has 0 unspecified atom stereocenters. The molecule has 0 bridgehead atoms. The molecule has 92 valence electrons. The average molecular weight is 232 g/mol. The van der Waals surface area contributed by atoms with Crippen LogP contribution in [0.4, 0.5) is 5.69 Å². The third kappa shape index (κ3) is 2.43. The normalized spacial score (nSPS) is 20.4. The number of piperidine rings is 1. The lowest BCUT2D eigenvalue weighted by Gasteiger charge is -2.33. The van der Waals surface area contributed by atoms with Gasteiger partial charge in [0.15, 0.2) is 0 Å². The summed E-state index contributed by atoms with van der Waals surface area (Å²) in [4.78, 5) is 14.3. The fraction of sp³-hybridized carbons (Fsp3) is 0.500. The van der Waals surface area contributed by atoms with Crippen LogP contribution in [0.1, 0.15) is 42.1 Å². The molecule has 1 fully saturated rings. The van der Waals surface area contributed by atoms with Gasteiger partial charge in [0.2, 0.25) is 0 Å². The molecule has 1 saturated heterocycles. The van der Waals surface area contributed by atoms with E-state index in [2.05, 4.69) is 6.92 Å². The van der Waals surface area contributed by atoms with Crippen LogP contribution in [0.5, 0.6) is 0 Å². The van der Waals surface area contributed by atoms with Gasteiger partial charge in [-0.15, -0.1) is 0 Å². The summed E-state index contributed by atoms with van der Waals surface area (Å²) in [5.74, 6) is 0.115. The van der Waals surface area contributed by atoms with Crippen LogP contribution in [0.2, 0.25) is 0 Å². The lowest BCUT2D eigenvalue weighted by atomic mass is 10.0. The molecule has 2 N–H and O–H groups in total. The van der Waals surface area contributed by atoms with Crippen LogP contribution in [0, 0.1) is 6.92 Å². The first-order valence-corrected chi connectivity index (χ1v) is 6.26. The van der Waals surface area contributed by atoms with Crippen LogP contribution in [0.3, 0.4) is 0 Å². The van der Waals surface area contributed by atoms with Crippen LogP contribution >= 0.6 is 0 Å². The van der Waals surface area contributed by atoms with E-state index in [1.165, 1.54) is 6.42 Å². The van der Waals surface area contributed by atoms with E-state index >= 15 is 0 Å². The Balaban J connectivity index is 2.21. The number of anilines is 1. The number of amides is 1. The Morgan fingerprint density at radius 3 is 2.82 bits per heavy atom. The maximum Gasteiger partial charge on any atom is 0.254 e. The smallest absolute Gasteiger partial charge is 0.254 e. The zero-order valence-electron chi connectivity index (χ0n) is 10.6. The number of rotatable bonds is 1. The highest BCUT2D eigenvalue weighted by molar-refractivity contribution is 5.95. The number of likely N-dealkylation sites (tertiary alicyclic amines) is 1. The van der Waals surface area contributed by atoms with Crippen LogP contribution < -0.4 is 5.73 Å². The van der Waals surface area contributed by atoms with Crippen LogP contribution in [-0.4, -0.2) is 23.4 Å². The van der Waals surface area contributed by atoms with E-state index in [0.717, 1.165) is 24.9 Å². The van der Waals surface area contributed by atoms with Gasteiger partial charge in [0, 0.05) is 23.8 Å². The second kappa shape index (κ2) is 4.78. The van der Waals surface area contributed by atoms with Crippen LogP contribution in [-0.2, 0) is 0 Å². The quantitative estimate of drug-likeness (QED) is 0.756. The number of nitrogens with zero attached hydrogens (tertiary/aromatic N) is 1. The van der Waals surface area contributed by atoms with Crippen molar-refractivity contribution in [3.63, 3.8) is 0 Å². The SMILES string of the molecule is Cc1ccc(C(=O)N2CCCC[C@H]2C)cc1N. The van der Waals surface area contributed by atoms with Crippen molar-refractivity contribution in [3.05, 3.63) is 29.3 Å². The Labute approximate surface area is 103 Å². The highest BCUT2D eigenvalue weighted by Gasteiger charge is 2.24. The predicted molar refractivity (Wildman–Crippen MR) is 69.9 cm³/mol. The van der Waals surface area contributed by atoms with E-state index in [4.69, 9.17) is 5.73 Å². The summed E-state index contributed by atoms with van der Waals surface area (Å²) in [6.07, 6.45) is 3.44. The molecule has 2 rings (SSSR count). The Morgan fingerprint density at radius 1 is 1.41 bits per heavy atom. The fourth-order valence-electron chi connectivity index (χ4n) is 2.34. The Morgan fingerprint density at radius 2 is 2.18 bits per heavy atom. The van der Waals surface area contributed by atoms with E-state index < -0.39 is 0 Å². The van der Waals surface area contributed by atoms with Gasteiger partial charge in [-0.25, -0.2) is 0 Å². The zero-order valence-corrected chi connectivity index (χ0v) is 10.6. The fourth-order valence-corrected chi connectivity index (χ4v) is 2.34. The number of carbonyl (C=O) groups excluding carboxylic acids is 1. The zero-order chi connectivity index (χ0) is 12.4. The molecule has 1 aliphatic heterocycles. The summed E-state index contributed by atoms with van der Waals surface area (Å²) >= 11 is 0. The summed E-state index contributed by atoms with van der Waals surface area (Å²) in [5.41, 5.74) is 8.28. The van der Waals surface area contributed by atoms with Gasteiger partial charge in [-0.2, -0.15) is 0 Å². The number of nitrogen functional groups attached to an aromatic ring is 1. The molecule has 1 amide bonds. The van der Waals surface area contributed by atoms with Crippen molar-refractivity contribution < 1.29 is 4.79 Å². The summed E-state index contributed by atoms with van der Waals surface area (Å²) in [7, 11) is 0. The molecule has 1 atom stereocenters. The van der Waals surface area contributed by atoms with Crippen molar-refractivity contribution in [1.29, 1.82) is 0 Å². The van der Waals surface area contributed by atoms with Crippen molar-refractivity contribution in [2.75, 3.05) is 12.3 Å². The van der Waals surface area contributed by atoms with E-state index in [1.54, 1.807) is 6.07 Å². The molecule has 0 spiro atoms. The highest BCUT2D eigenvalue weighted by Crippen LogP contribution is 2.21. The van der Waals surface area contributed by atoms with Crippen molar-refractivity contribution in [3.8, 4) is 0 Å². The molecule has 3 heteroatoms. The second-order valence-corrected chi connectivity index (χ2v) is 4.91. The monoisotopic (exact) mass is 232 g/mol. The topological polar surface area (TPSA) is 46.3 Å². The first-order valence-electron chi connectivity index (χ1n) is 6.26. The van der Waals surface area contributed by atoms with Crippen molar-refractivity contribution >= 4 is 11.6 Å². The van der Waals surface area contributed by atoms with E-state index in [0.29, 0.717) is 17.3 Å². The summed E-state index contributed by atoms with van der Waals surface area (Å²) in [6, 6.07) is 5.92. The van der Waals surface area contributed by atoms with Crippen LogP contribution in [0.15, 0.2) is 18.2 Å². The number of benzene rings is 1. The van der Waals surface area contributed by atoms with Crippen molar-refractivity contribution in [2.24, 2.45) is 0 Å². The second-order valence-electron chi connectivity index (χ2n) is 4.91. The Hall–Kier alpha value is -1.51. The predicted octanol–water partition coefficient (Wildman–Crippen LogP) is 2.59. The third-order valence-electron chi connectivity index (χ3n) is 3.59. The lowest BCUT2D eigenvalue weighted by molar-refractivity contribution is 0.0635. The van der Waals surface area contributed by atoms with E-state index in [-0.39, 0.29) is 5.91 Å². The van der Waals surface area contributed by atoms with Gasteiger partial charge < -0.3 is 10.6 Å². The van der Waals surface area contributed by atoms with Gasteiger partial charge in [0.05, 0.1) is 0 Å². The van der Waals surface area contributed by atoms with E-state index in [9.17, 15) is 4.79 Å². The van der Waals surface area contributed by atoms with Crippen molar-refractivity contribution in [1.82, 2.24) is 4.90 Å². The van der Waals surface area contributed by atoms with Crippen LogP contribution in [0.25, 0.3) is 0 Å². The van der Waals surface area contributed by atoms with Gasteiger partial charge in [-0.1, -0.05) is 6.07 Å². The van der Waals surface area contributed by atoms with E-state index in [1.807, 2.05) is 24.0 Å². The molecule has 1 aromatic rings. The molecular formula is C14H20N2O. The molecule has 3 nitrogen and oxygen atoms in total. The molecular weight excluding hydrogens is 212 g/mol. The van der Waals surface area contributed by atoms with Gasteiger partial charge in [0.1, 0.15) is 0 Å². The largest absolute Gasteiger partial charge is 0.398 e. The first kappa shape index (κ1) is 12.0. The summed E-state index contributed by atoms with van der Waals surface area (Å²) < 4.78 is 0. The van der Waals surface area contributed by atoms with Gasteiger partial charge >= 0.3 is 0 Å². The standard InChI is InChI=1S/C14H20N2O/c1-10-6-7-12(9-13(10)15)14(17)16-8-4-3-5-11(16)2/h6-7,9,11H,3-5,8,15H2,1-2H3/t11-/m1/s1. The number of hydrogen-bond donors (Lipinski definition) is 1. The molecule has 17 heavy (non-hydrogen) atoms. The number of carbonyl (C=O) groups is 1. The maximum atomic E-state index is 12.3. The minimum atomic E-state index is 0.115. The number of nitrogens with two attached hydrogens (primary N) is 1. The molecule has 1 aliphatic rings. The van der Waals surface area contributed by atoms with Crippen molar-refractivity contribution in [2.45, 2.75) is 39.2 Å². The first-order chi connectivity index (χ1) is 8.09. The minimum Gasteiger partial charge on any atom is -0.398 e.